The second-order valence-electron chi connectivity index (χ2n) is 8.21. The Bertz CT molecular complexity index is 674. The number of aliphatic imine (C=N–C) groups is 1. The van der Waals surface area contributed by atoms with E-state index < -0.39 is 0 Å². The molecule has 0 bridgehead atoms. The first-order valence-corrected chi connectivity index (χ1v) is 11.9. The lowest BCUT2D eigenvalue weighted by Gasteiger charge is -2.34. The van der Waals surface area contributed by atoms with E-state index >= 15 is 0 Å². The maximum atomic E-state index is 6.12. The smallest absolute Gasteiger partial charge is 0.193 e. The lowest BCUT2D eigenvalue weighted by molar-refractivity contribution is 0.00989. The fourth-order valence-electron chi connectivity index (χ4n) is 4.09. The summed E-state index contributed by atoms with van der Waals surface area (Å²) >= 11 is 0. The molecule has 3 rings (SSSR count). The molecule has 0 amide bonds. The predicted molar refractivity (Wildman–Crippen MR) is 126 cm³/mol. The van der Waals surface area contributed by atoms with Crippen LogP contribution in [0.1, 0.15) is 24.8 Å². The number of benzene rings is 1. The lowest BCUT2D eigenvalue weighted by atomic mass is 10.1. The van der Waals surface area contributed by atoms with Crippen LogP contribution in [-0.4, -0.2) is 102 Å². The van der Waals surface area contributed by atoms with Crippen molar-refractivity contribution < 1.29 is 18.9 Å². The second-order valence-corrected chi connectivity index (χ2v) is 8.21. The van der Waals surface area contributed by atoms with Crippen molar-refractivity contribution in [3.05, 3.63) is 29.8 Å². The molecule has 0 radical (unpaired) electrons. The first-order valence-electron chi connectivity index (χ1n) is 11.9. The summed E-state index contributed by atoms with van der Waals surface area (Å²) in [6.07, 6.45) is 3.33. The minimum Gasteiger partial charge on any atom is -0.492 e. The fraction of sp³-hybridized carbons (Fsp3) is 0.708. The average molecular weight is 449 g/mol. The van der Waals surface area contributed by atoms with Gasteiger partial charge in [-0.3, -0.25) is 9.89 Å². The van der Waals surface area contributed by atoms with Crippen molar-refractivity contribution in [1.82, 2.24) is 15.1 Å². The van der Waals surface area contributed by atoms with Crippen LogP contribution >= 0.6 is 0 Å². The molecule has 0 atom stereocenters. The Morgan fingerprint density at radius 1 is 1.09 bits per heavy atom. The highest BCUT2D eigenvalue weighted by atomic mass is 16.5. The van der Waals surface area contributed by atoms with Crippen LogP contribution in [0, 0.1) is 0 Å². The third-order valence-corrected chi connectivity index (χ3v) is 5.98. The molecule has 0 unspecified atom stereocenters. The van der Waals surface area contributed by atoms with Crippen molar-refractivity contribution in [3.8, 4) is 5.75 Å². The van der Waals surface area contributed by atoms with E-state index in [1.54, 1.807) is 7.11 Å². The molecule has 1 aromatic carbocycles. The van der Waals surface area contributed by atoms with Gasteiger partial charge in [0.15, 0.2) is 5.96 Å². The molecule has 0 aliphatic carbocycles. The number of methoxy groups -OCH3 is 1. The largest absolute Gasteiger partial charge is 0.492 e. The maximum absolute atomic E-state index is 6.12. The van der Waals surface area contributed by atoms with Crippen LogP contribution in [0.5, 0.6) is 5.75 Å². The molecular weight excluding hydrogens is 408 g/mol. The van der Waals surface area contributed by atoms with E-state index in [9.17, 15) is 0 Å². The van der Waals surface area contributed by atoms with E-state index in [1.807, 2.05) is 19.2 Å². The summed E-state index contributed by atoms with van der Waals surface area (Å²) in [6.45, 7) is 9.33. The molecule has 0 aromatic heterocycles. The lowest BCUT2D eigenvalue weighted by Crippen LogP contribution is -2.46. The maximum Gasteiger partial charge on any atom is 0.193 e. The van der Waals surface area contributed by atoms with Gasteiger partial charge in [0.25, 0.3) is 0 Å². The van der Waals surface area contributed by atoms with Crippen molar-refractivity contribution in [2.45, 2.75) is 31.9 Å². The summed E-state index contributed by atoms with van der Waals surface area (Å²) in [6, 6.07) is 8.25. The summed E-state index contributed by atoms with van der Waals surface area (Å²) in [5.41, 5.74) is 1.15. The quantitative estimate of drug-likeness (QED) is 0.315. The predicted octanol–water partition coefficient (Wildman–Crippen LogP) is 1.99. The highest BCUT2D eigenvalue weighted by Gasteiger charge is 2.22. The van der Waals surface area contributed by atoms with Crippen molar-refractivity contribution in [1.29, 1.82) is 0 Å². The molecule has 1 aromatic rings. The standard InChI is InChI=1S/C24H40N4O4/c1-25-24(28-10-8-22(9-11-28)31-16-5-15-29-2)26-20-21-6-3-4-7-23(21)32-19-14-27-12-17-30-18-13-27/h3-4,6-7,22H,5,8-20H2,1-2H3,(H,25,26). The number of morpholine rings is 1. The van der Waals surface area contributed by atoms with Gasteiger partial charge in [-0.25, -0.2) is 0 Å². The highest BCUT2D eigenvalue weighted by molar-refractivity contribution is 5.80. The van der Waals surface area contributed by atoms with Crippen molar-refractivity contribution in [2.75, 3.05) is 79.9 Å². The Hall–Kier alpha value is -1.87. The summed E-state index contributed by atoms with van der Waals surface area (Å²) < 4.78 is 22.6. The summed E-state index contributed by atoms with van der Waals surface area (Å²) in [7, 11) is 3.58. The molecule has 2 heterocycles. The SMILES string of the molecule is CN=C(NCc1ccccc1OCCN1CCOCC1)N1CCC(OCCCOC)CC1. The Balaban J connectivity index is 1.41. The second kappa shape index (κ2) is 14.3. The number of para-hydroxylation sites is 1. The van der Waals surface area contributed by atoms with E-state index in [1.165, 1.54) is 0 Å². The van der Waals surface area contributed by atoms with Crippen molar-refractivity contribution in [2.24, 2.45) is 4.99 Å². The van der Waals surface area contributed by atoms with E-state index in [-0.39, 0.29) is 0 Å². The summed E-state index contributed by atoms with van der Waals surface area (Å²) in [4.78, 5) is 9.21. The van der Waals surface area contributed by atoms with Crippen molar-refractivity contribution in [3.63, 3.8) is 0 Å². The van der Waals surface area contributed by atoms with Gasteiger partial charge in [-0.05, 0) is 25.3 Å². The zero-order valence-electron chi connectivity index (χ0n) is 19.8. The van der Waals surface area contributed by atoms with Crippen LogP contribution in [0.3, 0.4) is 0 Å². The van der Waals surface area contributed by atoms with Gasteiger partial charge >= 0.3 is 0 Å². The molecule has 0 saturated carbocycles. The molecule has 2 aliphatic heterocycles. The first-order chi connectivity index (χ1) is 15.8. The van der Waals surface area contributed by atoms with Gasteiger partial charge in [-0.1, -0.05) is 18.2 Å². The molecule has 8 nitrogen and oxygen atoms in total. The molecule has 2 fully saturated rings. The van der Waals surface area contributed by atoms with Gasteiger partial charge < -0.3 is 29.2 Å². The molecule has 0 spiro atoms. The number of piperidine rings is 1. The molecular formula is C24H40N4O4. The van der Waals surface area contributed by atoms with Crippen LogP contribution in [0.2, 0.25) is 0 Å². The van der Waals surface area contributed by atoms with Crippen LogP contribution in [0.25, 0.3) is 0 Å². The third kappa shape index (κ3) is 8.24. The highest BCUT2D eigenvalue weighted by Crippen LogP contribution is 2.19. The molecule has 32 heavy (non-hydrogen) atoms. The summed E-state index contributed by atoms with van der Waals surface area (Å²) in [5, 5.41) is 3.52. The Morgan fingerprint density at radius 2 is 1.88 bits per heavy atom. The van der Waals surface area contributed by atoms with E-state index in [4.69, 9.17) is 18.9 Å². The Labute approximate surface area is 192 Å². The molecule has 1 N–H and O–H groups in total. The minimum atomic E-state index is 0.335. The number of likely N-dealkylation sites (tertiary alicyclic amines) is 1. The van der Waals surface area contributed by atoms with Crippen molar-refractivity contribution >= 4 is 5.96 Å². The zero-order chi connectivity index (χ0) is 22.4. The molecule has 2 aliphatic rings. The monoisotopic (exact) mass is 448 g/mol. The topological polar surface area (TPSA) is 67.8 Å². The number of nitrogens with one attached hydrogen (secondary N) is 1. The van der Waals surface area contributed by atoms with E-state index in [2.05, 4.69) is 32.2 Å². The van der Waals surface area contributed by atoms with Gasteiger partial charge in [0.1, 0.15) is 12.4 Å². The zero-order valence-corrected chi connectivity index (χ0v) is 19.8. The first kappa shape index (κ1) is 24.8. The van der Waals surface area contributed by atoms with Crippen LogP contribution < -0.4 is 10.1 Å². The fourth-order valence-corrected chi connectivity index (χ4v) is 4.09. The van der Waals surface area contributed by atoms with Crippen LogP contribution in [0.15, 0.2) is 29.3 Å². The number of hydrogen-bond acceptors (Lipinski definition) is 6. The molecule has 2 saturated heterocycles. The van der Waals surface area contributed by atoms with Crippen LogP contribution in [0.4, 0.5) is 0 Å². The average Bonchev–Trinajstić information content (AvgIpc) is 2.84. The van der Waals surface area contributed by atoms with E-state index in [0.29, 0.717) is 19.3 Å². The van der Waals surface area contributed by atoms with Crippen LogP contribution in [-0.2, 0) is 20.8 Å². The number of ether oxygens (including phenoxy) is 4. The van der Waals surface area contributed by atoms with Gasteiger partial charge in [-0.15, -0.1) is 0 Å². The van der Waals surface area contributed by atoms with Gasteiger partial charge in [0.2, 0.25) is 0 Å². The number of rotatable bonds is 11. The normalized spacial score (nSPS) is 18.7. The van der Waals surface area contributed by atoms with E-state index in [0.717, 1.165) is 95.7 Å². The van der Waals surface area contributed by atoms with Gasteiger partial charge in [0.05, 0.1) is 19.3 Å². The molecule has 180 valence electrons. The Morgan fingerprint density at radius 3 is 2.62 bits per heavy atom. The van der Waals surface area contributed by atoms with Gasteiger partial charge in [-0.2, -0.15) is 0 Å². The number of guanidine groups is 1. The number of nitrogens with zero attached hydrogens (tertiary/aromatic N) is 3. The molecule has 8 heteroatoms. The summed E-state index contributed by atoms with van der Waals surface area (Å²) in [5.74, 6) is 1.87. The van der Waals surface area contributed by atoms with Gasteiger partial charge in [0, 0.05) is 72.2 Å². The Kier molecular flexibility index (Phi) is 11.1. The number of hydrogen-bond donors (Lipinski definition) is 1. The third-order valence-electron chi connectivity index (χ3n) is 5.98. The minimum absolute atomic E-state index is 0.335.